The van der Waals surface area contributed by atoms with E-state index >= 15 is 0 Å². The van der Waals surface area contributed by atoms with Crippen LogP contribution in [0.1, 0.15) is 32.6 Å². The fourth-order valence-corrected chi connectivity index (χ4v) is 1.28. The van der Waals surface area contributed by atoms with Gasteiger partial charge in [-0.1, -0.05) is 38.0 Å². The fraction of sp³-hybridized carbons (Fsp3) is 0.417. The van der Waals surface area contributed by atoms with E-state index in [0.29, 0.717) is 5.69 Å². The summed E-state index contributed by atoms with van der Waals surface area (Å²) in [5.74, 6) is 0. The molecule has 0 aliphatic carbocycles. The van der Waals surface area contributed by atoms with Crippen LogP contribution in [0.3, 0.4) is 0 Å². The third-order valence-electron chi connectivity index (χ3n) is 2.11. The van der Waals surface area contributed by atoms with E-state index in [1.807, 2.05) is 30.3 Å². The van der Waals surface area contributed by atoms with Crippen LogP contribution in [0, 0.1) is 5.21 Å². The summed E-state index contributed by atoms with van der Waals surface area (Å²) in [6, 6.07) is 9.31. The molecule has 1 aromatic rings. The molecule has 2 heteroatoms. The number of rotatable bonds is 5. The lowest BCUT2D eigenvalue weighted by Gasteiger charge is -2.01. The van der Waals surface area contributed by atoms with Gasteiger partial charge in [0.25, 0.3) is 0 Å². The van der Waals surface area contributed by atoms with Crippen molar-refractivity contribution in [2.45, 2.75) is 32.6 Å². The molecule has 0 aliphatic rings. The van der Waals surface area contributed by atoms with Crippen molar-refractivity contribution in [1.82, 2.24) is 0 Å². The predicted octanol–water partition coefficient (Wildman–Crippen LogP) is 3.48. The summed E-state index contributed by atoms with van der Waals surface area (Å²) in [5.41, 5.74) is 0.712. The highest BCUT2D eigenvalue weighted by Crippen LogP contribution is 2.08. The molecule has 2 nitrogen and oxygen atoms in total. The highest BCUT2D eigenvalue weighted by atomic mass is 16.5. The molecular formula is C12H17NO. The lowest BCUT2D eigenvalue weighted by Crippen LogP contribution is -1.96. The standard InChI is InChI=1S/C12H17NO/c1-2-3-4-8-11-13(14)12-9-6-5-7-10-12/h5-7,9-11H,2-4,8H2,1H3. The lowest BCUT2D eigenvalue weighted by molar-refractivity contribution is -0.356. The molecule has 0 amide bonds. The van der Waals surface area contributed by atoms with Crippen LogP contribution >= 0.6 is 0 Å². The fourth-order valence-electron chi connectivity index (χ4n) is 1.28. The minimum absolute atomic E-state index is 0.712. The molecule has 1 rings (SSSR count). The Hall–Kier alpha value is -1.31. The molecule has 0 unspecified atom stereocenters. The van der Waals surface area contributed by atoms with Crippen LogP contribution in [0.4, 0.5) is 5.69 Å². The lowest BCUT2D eigenvalue weighted by atomic mass is 10.2. The molecule has 0 fully saturated rings. The van der Waals surface area contributed by atoms with E-state index in [1.54, 1.807) is 6.21 Å². The maximum absolute atomic E-state index is 11.5. The second-order valence-corrected chi connectivity index (χ2v) is 3.34. The molecule has 0 spiro atoms. The third-order valence-corrected chi connectivity index (χ3v) is 2.11. The van der Waals surface area contributed by atoms with Gasteiger partial charge in [-0.2, -0.15) is 4.74 Å². The van der Waals surface area contributed by atoms with E-state index in [2.05, 4.69) is 6.92 Å². The zero-order chi connectivity index (χ0) is 10.2. The number of hydrogen-bond acceptors (Lipinski definition) is 1. The molecule has 0 heterocycles. The summed E-state index contributed by atoms with van der Waals surface area (Å²) in [6.07, 6.45) is 6.07. The SMILES string of the molecule is CCCCCC=[N+]([O-])c1ccccc1. The van der Waals surface area contributed by atoms with Crippen LogP contribution in [-0.2, 0) is 0 Å². The van der Waals surface area contributed by atoms with Gasteiger partial charge in [0.05, 0.1) is 0 Å². The first-order valence-electron chi connectivity index (χ1n) is 5.19. The molecular weight excluding hydrogens is 174 g/mol. The Morgan fingerprint density at radius 2 is 1.93 bits per heavy atom. The van der Waals surface area contributed by atoms with Crippen LogP contribution in [-0.4, -0.2) is 11.0 Å². The Kier molecular flexibility index (Phi) is 4.76. The van der Waals surface area contributed by atoms with Crippen molar-refractivity contribution >= 4 is 11.9 Å². The van der Waals surface area contributed by atoms with Crippen molar-refractivity contribution in [1.29, 1.82) is 0 Å². The summed E-state index contributed by atoms with van der Waals surface area (Å²) < 4.78 is 0.954. The predicted molar refractivity (Wildman–Crippen MR) is 59.9 cm³/mol. The molecule has 76 valence electrons. The van der Waals surface area contributed by atoms with Crippen molar-refractivity contribution in [2.24, 2.45) is 0 Å². The zero-order valence-corrected chi connectivity index (χ0v) is 8.65. The topological polar surface area (TPSA) is 26.1 Å². The van der Waals surface area contributed by atoms with E-state index in [0.717, 1.165) is 17.6 Å². The quantitative estimate of drug-likeness (QED) is 0.230. The average Bonchev–Trinajstić information content (AvgIpc) is 2.25. The summed E-state index contributed by atoms with van der Waals surface area (Å²) in [4.78, 5) is 0. The van der Waals surface area contributed by atoms with Crippen LogP contribution < -0.4 is 0 Å². The van der Waals surface area contributed by atoms with Crippen molar-refractivity contribution in [3.05, 3.63) is 35.5 Å². The van der Waals surface area contributed by atoms with Gasteiger partial charge in [-0.15, -0.1) is 0 Å². The van der Waals surface area contributed by atoms with Gasteiger partial charge in [-0.05, 0) is 6.42 Å². The first-order valence-corrected chi connectivity index (χ1v) is 5.19. The van der Waals surface area contributed by atoms with E-state index in [1.165, 1.54) is 12.8 Å². The van der Waals surface area contributed by atoms with Crippen molar-refractivity contribution in [2.75, 3.05) is 0 Å². The van der Waals surface area contributed by atoms with Crippen LogP contribution in [0.5, 0.6) is 0 Å². The Morgan fingerprint density at radius 3 is 2.57 bits per heavy atom. The second-order valence-electron chi connectivity index (χ2n) is 3.34. The van der Waals surface area contributed by atoms with Crippen molar-refractivity contribution in [3.63, 3.8) is 0 Å². The van der Waals surface area contributed by atoms with Gasteiger partial charge in [-0.25, -0.2) is 0 Å². The molecule has 0 saturated carbocycles. The monoisotopic (exact) mass is 191 g/mol. The largest absolute Gasteiger partial charge is 0.619 e. The highest BCUT2D eigenvalue weighted by molar-refractivity contribution is 5.53. The average molecular weight is 191 g/mol. The van der Waals surface area contributed by atoms with Gasteiger partial charge < -0.3 is 5.21 Å². The van der Waals surface area contributed by atoms with E-state index in [4.69, 9.17) is 0 Å². The smallest absolute Gasteiger partial charge is 0.216 e. The minimum atomic E-state index is 0.712. The number of benzene rings is 1. The molecule has 1 aromatic carbocycles. The summed E-state index contributed by atoms with van der Waals surface area (Å²) in [5, 5.41) is 11.5. The molecule has 0 saturated heterocycles. The second kappa shape index (κ2) is 6.19. The number of unbranched alkanes of at least 4 members (excludes halogenated alkanes) is 3. The van der Waals surface area contributed by atoms with Gasteiger partial charge in [-0.3, -0.25) is 0 Å². The minimum Gasteiger partial charge on any atom is -0.619 e. The van der Waals surface area contributed by atoms with Gasteiger partial charge >= 0.3 is 0 Å². The number of hydrogen-bond donors (Lipinski definition) is 0. The Morgan fingerprint density at radius 1 is 1.21 bits per heavy atom. The van der Waals surface area contributed by atoms with Gasteiger partial charge in [0.15, 0.2) is 6.21 Å². The Bertz CT molecular complexity index is 280. The molecule has 0 N–H and O–H groups in total. The maximum Gasteiger partial charge on any atom is 0.216 e. The maximum atomic E-state index is 11.5. The zero-order valence-electron chi connectivity index (χ0n) is 8.65. The van der Waals surface area contributed by atoms with E-state index in [-0.39, 0.29) is 0 Å². The van der Waals surface area contributed by atoms with E-state index in [9.17, 15) is 5.21 Å². The van der Waals surface area contributed by atoms with Crippen LogP contribution in [0.15, 0.2) is 30.3 Å². The number of para-hydroxylation sites is 1. The van der Waals surface area contributed by atoms with Crippen molar-refractivity contribution in [3.8, 4) is 0 Å². The molecule has 0 atom stereocenters. The van der Waals surface area contributed by atoms with E-state index < -0.39 is 0 Å². The summed E-state index contributed by atoms with van der Waals surface area (Å²) >= 11 is 0. The Labute approximate surface area is 85.5 Å². The van der Waals surface area contributed by atoms with Gasteiger partial charge in [0, 0.05) is 18.6 Å². The molecule has 0 bridgehead atoms. The molecule has 0 radical (unpaired) electrons. The molecule has 0 aromatic heterocycles. The van der Waals surface area contributed by atoms with Gasteiger partial charge in [0.2, 0.25) is 5.69 Å². The molecule has 14 heavy (non-hydrogen) atoms. The van der Waals surface area contributed by atoms with Gasteiger partial charge in [0.1, 0.15) is 0 Å². The first-order chi connectivity index (χ1) is 6.84. The number of nitrogens with zero attached hydrogens (tertiary/aromatic N) is 1. The Balaban J connectivity index is 2.44. The first kappa shape index (κ1) is 10.8. The van der Waals surface area contributed by atoms with Crippen LogP contribution in [0.25, 0.3) is 0 Å². The summed E-state index contributed by atoms with van der Waals surface area (Å²) in [6.45, 7) is 2.16. The highest BCUT2D eigenvalue weighted by Gasteiger charge is 1.97. The normalized spacial score (nSPS) is 11.6. The molecule has 0 aliphatic heterocycles. The van der Waals surface area contributed by atoms with Crippen LogP contribution in [0.2, 0.25) is 0 Å². The summed E-state index contributed by atoms with van der Waals surface area (Å²) in [7, 11) is 0. The third kappa shape index (κ3) is 3.60. The van der Waals surface area contributed by atoms with Crippen molar-refractivity contribution < 1.29 is 4.74 Å².